The first-order valence-corrected chi connectivity index (χ1v) is 9.87. The molecule has 3 rings (SSSR count). The van der Waals surface area contributed by atoms with Crippen LogP contribution in [0.25, 0.3) is 0 Å². The number of hydrogen-bond donors (Lipinski definition) is 2. The fraction of sp³-hybridized carbons (Fsp3) is 0.200. The van der Waals surface area contributed by atoms with E-state index in [1.807, 2.05) is 22.6 Å². The second-order valence-electron chi connectivity index (χ2n) is 6.78. The monoisotopic (exact) mass is 532 g/mol. The smallest absolute Gasteiger partial charge is 0.307 e. The molecule has 6 nitrogen and oxygen atoms in total. The number of amides is 2. The fourth-order valence-electron chi connectivity index (χ4n) is 2.97. The first-order chi connectivity index (χ1) is 14.2. The van der Waals surface area contributed by atoms with Crippen molar-refractivity contribution in [3.05, 3.63) is 69.6 Å². The Labute approximate surface area is 183 Å². The Bertz CT molecular complexity index is 1030. The van der Waals surface area contributed by atoms with Gasteiger partial charge in [0, 0.05) is 10.1 Å². The highest BCUT2D eigenvalue weighted by Gasteiger charge is 2.55. The van der Waals surface area contributed by atoms with E-state index >= 15 is 0 Å². The van der Waals surface area contributed by atoms with Gasteiger partial charge in [0.15, 0.2) is 11.6 Å². The normalized spacial score (nSPS) is 14.6. The van der Waals surface area contributed by atoms with E-state index in [0.29, 0.717) is 3.57 Å². The standard InChI is InChI=1S/C20H17F3IN3O3/c1-2-7-25-19(29)20(30)9-27(10-20)18(28)12-4-5-13(21)16(23)17(12)26-15-6-3-11(24)8-14(15)22/h2-6,8,26,30H,1,7,9-10H2,(H,25,29)/p+1. The van der Waals surface area contributed by atoms with Gasteiger partial charge in [-0.3, -0.25) is 9.59 Å². The van der Waals surface area contributed by atoms with Crippen molar-refractivity contribution < 1.29 is 27.9 Å². The lowest BCUT2D eigenvalue weighted by atomic mass is 9.92. The molecule has 0 aliphatic carbocycles. The molecule has 1 aliphatic rings. The van der Waals surface area contributed by atoms with Gasteiger partial charge in [0.2, 0.25) is 0 Å². The fourth-order valence-corrected chi connectivity index (χ4v) is 3.43. The van der Waals surface area contributed by atoms with Crippen LogP contribution in [0.4, 0.5) is 24.5 Å². The molecule has 4 N–H and O–H groups in total. The Morgan fingerprint density at radius 3 is 2.53 bits per heavy atom. The molecule has 0 unspecified atom stereocenters. The van der Waals surface area contributed by atoms with Crippen LogP contribution in [0.3, 0.4) is 0 Å². The Morgan fingerprint density at radius 2 is 1.90 bits per heavy atom. The first-order valence-electron chi connectivity index (χ1n) is 8.80. The molecule has 1 saturated heterocycles. The van der Waals surface area contributed by atoms with Crippen molar-refractivity contribution in [3.8, 4) is 0 Å². The van der Waals surface area contributed by atoms with Crippen molar-refractivity contribution in [1.29, 1.82) is 0 Å². The van der Waals surface area contributed by atoms with Gasteiger partial charge in [0.1, 0.15) is 18.9 Å². The zero-order valence-electron chi connectivity index (χ0n) is 15.6. The SMILES string of the molecule is C=CCNC(=O)C1([OH2+])CN(C(=O)c2ccc(F)c(F)c2Nc2ccc(I)cc2F)C1. The number of benzene rings is 2. The van der Waals surface area contributed by atoms with Crippen LogP contribution in [0.2, 0.25) is 0 Å². The van der Waals surface area contributed by atoms with Crippen LogP contribution in [-0.2, 0) is 4.79 Å². The summed E-state index contributed by atoms with van der Waals surface area (Å²) in [5.74, 6) is -4.50. The van der Waals surface area contributed by atoms with Crippen LogP contribution in [0.5, 0.6) is 0 Å². The number of rotatable bonds is 6. The van der Waals surface area contributed by atoms with E-state index in [0.717, 1.165) is 12.1 Å². The van der Waals surface area contributed by atoms with Gasteiger partial charge in [-0.05, 0) is 52.9 Å². The summed E-state index contributed by atoms with van der Waals surface area (Å²) in [6, 6.07) is 5.99. The molecule has 0 saturated carbocycles. The van der Waals surface area contributed by atoms with Crippen molar-refractivity contribution in [1.82, 2.24) is 10.2 Å². The number of hydrogen-bond acceptors (Lipinski definition) is 3. The van der Waals surface area contributed by atoms with Crippen molar-refractivity contribution in [2.24, 2.45) is 0 Å². The second kappa shape index (κ2) is 8.64. The van der Waals surface area contributed by atoms with Crippen molar-refractivity contribution in [2.75, 3.05) is 25.0 Å². The predicted molar refractivity (Wildman–Crippen MR) is 114 cm³/mol. The summed E-state index contributed by atoms with van der Waals surface area (Å²) in [7, 11) is 0. The largest absolute Gasteiger partial charge is 0.431 e. The Hall–Kier alpha value is -2.60. The van der Waals surface area contributed by atoms with Gasteiger partial charge < -0.3 is 20.6 Å². The van der Waals surface area contributed by atoms with Crippen LogP contribution in [-0.4, -0.2) is 47.1 Å². The molecule has 1 fully saturated rings. The van der Waals surface area contributed by atoms with E-state index in [1.54, 1.807) is 6.07 Å². The molecule has 1 aliphatic heterocycles. The highest BCUT2D eigenvalue weighted by molar-refractivity contribution is 14.1. The molecule has 0 radical (unpaired) electrons. The summed E-state index contributed by atoms with van der Waals surface area (Å²) in [5, 5.41) is 13.1. The van der Waals surface area contributed by atoms with Gasteiger partial charge in [-0.15, -0.1) is 6.58 Å². The summed E-state index contributed by atoms with van der Waals surface area (Å²) in [6.45, 7) is 3.22. The topological polar surface area (TPSA) is 84.3 Å². The van der Waals surface area contributed by atoms with Crippen molar-refractivity contribution in [2.45, 2.75) is 5.60 Å². The molecule has 0 bridgehead atoms. The molecule has 158 valence electrons. The van der Waals surface area contributed by atoms with Gasteiger partial charge in [-0.2, -0.15) is 0 Å². The molecular weight excluding hydrogens is 514 g/mol. The summed E-state index contributed by atoms with van der Waals surface area (Å²) in [5.41, 5.74) is -2.41. The van der Waals surface area contributed by atoms with Crippen LogP contribution < -0.4 is 10.6 Å². The number of carbonyl (C=O) groups is 2. The number of halogens is 4. The number of likely N-dealkylation sites (tertiary alicyclic amines) is 1. The van der Waals surface area contributed by atoms with Crippen molar-refractivity contribution in [3.63, 3.8) is 0 Å². The van der Waals surface area contributed by atoms with Gasteiger partial charge in [0.05, 0.1) is 16.9 Å². The predicted octanol–water partition coefficient (Wildman–Crippen LogP) is 2.67. The maximum absolute atomic E-state index is 14.5. The lowest BCUT2D eigenvalue weighted by Gasteiger charge is -2.41. The lowest BCUT2D eigenvalue weighted by molar-refractivity contribution is -0.154. The third-order valence-electron chi connectivity index (χ3n) is 4.57. The molecule has 2 aromatic carbocycles. The zero-order valence-corrected chi connectivity index (χ0v) is 17.7. The van der Waals surface area contributed by atoms with Gasteiger partial charge in [0.25, 0.3) is 11.5 Å². The second-order valence-corrected chi connectivity index (χ2v) is 8.02. The number of nitrogens with one attached hydrogen (secondary N) is 2. The van der Waals surface area contributed by atoms with Crippen LogP contribution in [0.1, 0.15) is 10.4 Å². The maximum Gasteiger partial charge on any atom is 0.307 e. The van der Waals surface area contributed by atoms with E-state index in [1.165, 1.54) is 23.1 Å². The average Bonchev–Trinajstić information content (AvgIpc) is 2.68. The minimum atomic E-state index is -1.53. The van der Waals surface area contributed by atoms with E-state index in [2.05, 4.69) is 17.2 Å². The molecule has 0 aromatic heterocycles. The Morgan fingerprint density at radius 1 is 1.20 bits per heavy atom. The maximum atomic E-state index is 14.5. The molecule has 30 heavy (non-hydrogen) atoms. The minimum Gasteiger partial charge on any atom is -0.431 e. The quantitative estimate of drug-likeness (QED) is 0.341. The van der Waals surface area contributed by atoms with Gasteiger partial charge in [-0.25, -0.2) is 13.2 Å². The summed E-state index contributed by atoms with van der Waals surface area (Å²) in [4.78, 5) is 26.0. The Balaban J connectivity index is 1.84. The minimum absolute atomic E-state index is 0.129. The number of anilines is 2. The number of carbonyl (C=O) groups excluding carboxylic acids is 2. The summed E-state index contributed by atoms with van der Waals surface area (Å²) < 4.78 is 43.1. The highest BCUT2D eigenvalue weighted by Crippen LogP contribution is 2.31. The molecule has 0 atom stereocenters. The van der Waals surface area contributed by atoms with Crippen LogP contribution in [0, 0.1) is 21.0 Å². The molecular formula is C20H18F3IN3O3+. The average molecular weight is 532 g/mol. The van der Waals surface area contributed by atoms with Crippen LogP contribution >= 0.6 is 22.6 Å². The van der Waals surface area contributed by atoms with Crippen LogP contribution in [0.15, 0.2) is 43.0 Å². The van der Waals surface area contributed by atoms with Gasteiger partial charge in [-0.1, -0.05) is 6.08 Å². The molecule has 0 spiro atoms. The Kier molecular flexibility index (Phi) is 6.36. The molecule has 1 heterocycles. The van der Waals surface area contributed by atoms with E-state index in [4.69, 9.17) is 5.11 Å². The zero-order chi connectivity index (χ0) is 22.1. The highest BCUT2D eigenvalue weighted by atomic mass is 127. The molecule has 2 aromatic rings. The lowest BCUT2D eigenvalue weighted by Crippen LogP contribution is -2.69. The summed E-state index contributed by atoms with van der Waals surface area (Å²) in [6.07, 6.45) is 1.46. The number of nitrogens with zero attached hydrogens (tertiary/aromatic N) is 1. The third kappa shape index (κ3) is 4.29. The summed E-state index contributed by atoms with van der Waals surface area (Å²) >= 11 is 1.90. The molecule has 10 heteroatoms. The first kappa shape index (κ1) is 22.1. The van der Waals surface area contributed by atoms with E-state index in [9.17, 15) is 22.8 Å². The molecule has 2 amide bonds. The van der Waals surface area contributed by atoms with Gasteiger partial charge >= 0.3 is 5.91 Å². The van der Waals surface area contributed by atoms with Crippen molar-refractivity contribution >= 4 is 45.8 Å². The van der Waals surface area contributed by atoms with E-state index in [-0.39, 0.29) is 30.9 Å². The third-order valence-corrected chi connectivity index (χ3v) is 5.24. The van der Waals surface area contributed by atoms with E-state index < -0.39 is 40.6 Å².